The molecule has 1 aliphatic heterocycles. The summed E-state index contributed by atoms with van der Waals surface area (Å²) < 4.78 is 40.2. The first-order valence-electron chi connectivity index (χ1n) is 8.59. The fourth-order valence-electron chi connectivity index (χ4n) is 3.12. The molecule has 1 amide bonds. The van der Waals surface area contributed by atoms with E-state index >= 15 is 0 Å². The number of piperidine rings is 1. The van der Waals surface area contributed by atoms with Crippen LogP contribution in [0.5, 0.6) is 0 Å². The fourth-order valence-corrected chi connectivity index (χ4v) is 4.66. The summed E-state index contributed by atoms with van der Waals surface area (Å²) in [5.41, 5.74) is -0.116. The van der Waals surface area contributed by atoms with Crippen LogP contribution in [-0.2, 0) is 14.8 Å². The molecular weight excluding hydrogens is 389 g/mol. The van der Waals surface area contributed by atoms with Gasteiger partial charge in [0.1, 0.15) is 16.4 Å². The monoisotopic (exact) mass is 407 g/mol. The summed E-state index contributed by atoms with van der Waals surface area (Å²) >= 11 is 0. The molecule has 0 aliphatic carbocycles. The summed E-state index contributed by atoms with van der Waals surface area (Å²) in [6.45, 7) is 0.122. The van der Waals surface area contributed by atoms with Crippen LogP contribution in [0.3, 0.4) is 0 Å². The molecule has 0 bridgehead atoms. The van der Waals surface area contributed by atoms with Gasteiger partial charge in [0, 0.05) is 25.1 Å². The van der Waals surface area contributed by atoms with Crippen LogP contribution in [0.15, 0.2) is 53.4 Å². The minimum absolute atomic E-state index is 0.0611. The number of carbonyl (C=O) groups excluding carboxylic acids is 1. The molecular formula is C18H18FN3O5S. The topological polar surface area (TPSA) is 110 Å². The summed E-state index contributed by atoms with van der Waals surface area (Å²) in [7, 11) is -3.98. The molecule has 0 spiro atoms. The first kappa shape index (κ1) is 19.9. The molecule has 1 saturated heterocycles. The standard InChI is InChI=1S/C18H18FN3O5S/c19-14-5-1-4-8-17(14)28(26,27)21-11-9-13(10-12-21)18(23)20-15-6-2-3-7-16(15)22(24)25/h1-8,13H,9-12H2,(H,20,23). The molecule has 3 rings (SSSR count). The van der Waals surface area contributed by atoms with Gasteiger partial charge in [0.05, 0.1) is 4.92 Å². The Balaban J connectivity index is 1.67. The Morgan fingerprint density at radius 2 is 1.71 bits per heavy atom. The van der Waals surface area contributed by atoms with E-state index in [0.29, 0.717) is 0 Å². The van der Waals surface area contributed by atoms with Crippen molar-refractivity contribution < 1.29 is 22.5 Å². The highest BCUT2D eigenvalue weighted by molar-refractivity contribution is 7.89. The van der Waals surface area contributed by atoms with Gasteiger partial charge >= 0.3 is 0 Å². The van der Waals surface area contributed by atoms with Crippen LogP contribution < -0.4 is 5.32 Å². The highest BCUT2D eigenvalue weighted by Crippen LogP contribution is 2.28. The SMILES string of the molecule is O=C(Nc1ccccc1[N+](=O)[O-])C1CCN(S(=O)(=O)c2ccccc2F)CC1. The van der Waals surface area contributed by atoms with Gasteiger partial charge in [0.2, 0.25) is 15.9 Å². The number of nitro benzene ring substituents is 1. The quantitative estimate of drug-likeness (QED) is 0.605. The number of carbonyl (C=O) groups is 1. The number of nitrogens with one attached hydrogen (secondary N) is 1. The van der Waals surface area contributed by atoms with Crippen molar-refractivity contribution in [1.29, 1.82) is 0 Å². The summed E-state index contributed by atoms with van der Waals surface area (Å²) in [5.74, 6) is -1.72. The average molecular weight is 407 g/mol. The Bertz CT molecular complexity index is 1000. The first-order valence-corrected chi connectivity index (χ1v) is 10.0. The molecule has 10 heteroatoms. The minimum Gasteiger partial charge on any atom is -0.320 e. The van der Waals surface area contributed by atoms with Gasteiger partial charge < -0.3 is 5.32 Å². The smallest absolute Gasteiger partial charge is 0.292 e. The van der Waals surface area contributed by atoms with Crippen molar-refractivity contribution in [2.45, 2.75) is 17.7 Å². The van der Waals surface area contributed by atoms with E-state index in [-0.39, 0.29) is 37.3 Å². The average Bonchev–Trinajstić information content (AvgIpc) is 2.68. The molecule has 1 aliphatic rings. The molecule has 1 heterocycles. The molecule has 2 aromatic carbocycles. The fraction of sp³-hybridized carbons (Fsp3) is 0.278. The van der Waals surface area contributed by atoms with Crippen LogP contribution in [0.4, 0.5) is 15.8 Å². The largest absolute Gasteiger partial charge is 0.320 e. The van der Waals surface area contributed by atoms with E-state index in [1.54, 1.807) is 6.07 Å². The second kappa shape index (κ2) is 8.03. The molecule has 0 radical (unpaired) electrons. The zero-order valence-electron chi connectivity index (χ0n) is 14.7. The highest BCUT2D eigenvalue weighted by Gasteiger charge is 2.33. The van der Waals surface area contributed by atoms with Crippen molar-refractivity contribution in [3.8, 4) is 0 Å². The zero-order valence-corrected chi connectivity index (χ0v) is 15.6. The number of anilines is 1. The number of benzene rings is 2. The van der Waals surface area contributed by atoms with Crippen molar-refractivity contribution in [2.24, 2.45) is 5.92 Å². The van der Waals surface area contributed by atoms with Gasteiger partial charge in [-0.1, -0.05) is 24.3 Å². The van der Waals surface area contributed by atoms with Crippen molar-refractivity contribution >= 4 is 27.3 Å². The van der Waals surface area contributed by atoms with Crippen molar-refractivity contribution in [1.82, 2.24) is 4.31 Å². The number of para-hydroxylation sites is 2. The lowest BCUT2D eigenvalue weighted by Crippen LogP contribution is -2.41. The van der Waals surface area contributed by atoms with Gasteiger partial charge in [-0.3, -0.25) is 14.9 Å². The molecule has 0 unspecified atom stereocenters. The normalized spacial score (nSPS) is 15.9. The third-order valence-corrected chi connectivity index (χ3v) is 6.57. The molecule has 0 atom stereocenters. The summed E-state index contributed by atoms with van der Waals surface area (Å²) in [5, 5.41) is 13.6. The molecule has 2 aromatic rings. The lowest BCUT2D eigenvalue weighted by molar-refractivity contribution is -0.383. The van der Waals surface area contributed by atoms with E-state index in [9.17, 15) is 27.7 Å². The Labute approximate surface area is 161 Å². The van der Waals surface area contributed by atoms with E-state index in [4.69, 9.17) is 0 Å². The second-order valence-corrected chi connectivity index (χ2v) is 8.28. The lowest BCUT2D eigenvalue weighted by atomic mass is 9.97. The van der Waals surface area contributed by atoms with Crippen LogP contribution in [0.2, 0.25) is 0 Å². The molecule has 1 fully saturated rings. The minimum atomic E-state index is -3.98. The number of halogens is 1. The van der Waals surface area contributed by atoms with Gasteiger partial charge in [-0.15, -0.1) is 0 Å². The number of hydrogen-bond acceptors (Lipinski definition) is 5. The van der Waals surface area contributed by atoms with Crippen LogP contribution in [-0.4, -0.2) is 36.6 Å². The van der Waals surface area contributed by atoms with Crippen LogP contribution in [0, 0.1) is 21.8 Å². The maximum atomic E-state index is 13.9. The number of nitro groups is 1. The molecule has 0 saturated carbocycles. The van der Waals surface area contributed by atoms with E-state index in [0.717, 1.165) is 10.4 Å². The second-order valence-electron chi connectivity index (χ2n) is 6.37. The number of amides is 1. The van der Waals surface area contributed by atoms with Crippen molar-refractivity contribution in [2.75, 3.05) is 18.4 Å². The van der Waals surface area contributed by atoms with Crippen LogP contribution in [0.25, 0.3) is 0 Å². The molecule has 8 nitrogen and oxygen atoms in total. The maximum Gasteiger partial charge on any atom is 0.292 e. The molecule has 148 valence electrons. The Morgan fingerprint density at radius 1 is 1.11 bits per heavy atom. The zero-order chi connectivity index (χ0) is 20.3. The van der Waals surface area contributed by atoms with Gasteiger partial charge in [-0.2, -0.15) is 4.31 Å². The number of nitrogens with zero attached hydrogens (tertiary/aromatic N) is 2. The molecule has 28 heavy (non-hydrogen) atoms. The highest BCUT2D eigenvalue weighted by atomic mass is 32.2. The summed E-state index contributed by atoms with van der Waals surface area (Å²) in [6.07, 6.45) is 0.473. The Hall–Kier alpha value is -2.85. The predicted molar refractivity (Wildman–Crippen MR) is 99.6 cm³/mol. The third kappa shape index (κ3) is 4.02. The Morgan fingerprint density at radius 3 is 2.36 bits per heavy atom. The number of sulfonamides is 1. The summed E-state index contributed by atoms with van der Waals surface area (Å²) in [6, 6.07) is 11.0. The van der Waals surface area contributed by atoms with Crippen LogP contribution >= 0.6 is 0 Å². The first-order chi connectivity index (χ1) is 13.3. The summed E-state index contributed by atoms with van der Waals surface area (Å²) in [4.78, 5) is 22.5. The Kier molecular flexibility index (Phi) is 5.71. The van der Waals surface area contributed by atoms with Gasteiger partial charge in [0.25, 0.3) is 5.69 Å². The van der Waals surface area contributed by atoms with Gasteiger partial charge in [-0.25, -0.2) is 12.8 Å². The van der Waals surface area contributed by atoms with E-state index in [1.165, 1.54) is 36.4 Å². The van der Waals surface area contributed by atoms with E-state index < -0.39 is 37.5 Å². The van der Waals surface area contributed by atoms with E-state index in [1.807, 2.05) is 0 Å². The molecule has 0 aromatic heterocycles. The predicted octanol–water partition coefficient (Wildman–Crippen LogP) is 2.77. The maximum absolute atomic E-state index is 13.9. The van der Waals surface area contributed by atoms with Gasteiger partial charge in [0.15, 0.2) is 0 Å². The van der Waals surface area contributed by atoms with Crippen LogP contribution in [0.1, 0.15) is 12.8 Å². The third-order valence-electron chi connectivity index (χ3n) is 4.64. The van der Waals surface area contributed by atoms with Crippen molar-refractivity contribution in [3.63, 3.8) is 0 Å². The number of rotatable bonds is 5. The van der Waals surface area contributed by atoms with Crippen molar-refractivity contribution in [3.05, 3.63) is 64.5 Å². The molecule has 1 N–H and O–H groups in total. The lowest BCUT2D eigenvalue weighted by Gasteiger charge is -2.30. The van der Waals surface area contributed by atoms with Gasteiger partial charge in [-0.05, 0) is 31.0 Å². The number of hydrogen-bond donors (Lipinski definition) is 1. The van der Waals surface area contributed by atoms with E-state index in [2.05, 4.69) is 5.32 Å².